The first kappa shape index (κ1) is 22.4. The number of aryl methyl sites for hydroxylation is 1. The van der Waals surface area contributed by atoms with Crippen LogP contribution in [0, 0.1) is 0 Å². The summed E-state index contributed by atoms with van der Waals surface area (Å²) in [6, 6.07) is 0.716. The maximum atomic E-state index is 12.8. The molecule has 1 aliphatic heterocycles. The molecule has 0 saturated carbocycles. The third-order valence-corrected chi connectivity index (χ3v) is 5.77. The van der Waals surface area contributed by atoms with Gasteiger partial charge in [0.15, 0.2) is 5.78 Å². The minimum Gasteiger partial charge on any atom is -0.478 e. The van der Waals surface area contributed by atoms with Gasteiger partial charge in [-0.05, 0) is 20.8 Å². The maximum absolute atomic E-state index is 12.8. The minimum atomic E-state index is -3.58. The molecule has 0 saturated heterocycles. The molecule has 28 heavy (non-hydrogen) atoms. The highest BCUT2D eigenvalue weighted by Crippen LogP contribution is 2.46. The third-order valence-electron chi connectivity index (χ3n) is 3.96. The van der Waals surface area contributed by atoms with Crippen LogP contribution in [0.1, 0.15) is 32.9 Å². The molecule has 0 aromatic carbocycles. The second-order valence-electron chi connectivity index (χ2n) is 7.40. The Hall–Kier alpha value is -1.90. The van der Waals surface area contributed by atoms with E-state index in [1.165, 1.54) is 14.2 Å². The second-order valence-corrected chi connectivity index (χ2v) is 9.67. The van der Waals surface area contributed by atoms with Crippen LogP contribution in [0.15, 0.2) is 6.07 Å². The lowest BCUT2D eigenvalue weighted by Crippen LogP contribution is -2.45. The van der Waals surface area contributed by atoms with Gasteiger partial charge in [0.05, 0.1) is 18.3 Å². The van der Waals surface area contributed by atoms with Crippen molar-refractivity contribution in [2.75, 3.05) is 27.0 Å². The fraction of sp³-hybridized carbons (Fsp3) is 0.706. The molecule has 0 radical (unpaired) electrons. The van der Waals surface area contributed by atoms with Gasteiger partial charge < -0.3 is 23.8 Å². The number of carbonyl (C=O) groups excluding carboxylic acids is 2. The van der Waals surface area contributed by atoms with E-state index < -0.39 is 37.3 Å². The summed E-state index contributed by atoms with van der Waals surface area (Å²) >= 11 is 0. The van der Waals surface area contributed by atoms with Gasteiger partial charge in [0, 0.05) is 39.7 Å². The highest BCUT2D eigenvalue weighted by atomic mass is 31.2. The Morgan fingerprint density at radius 1 is 1.36 bits per heavy atom. The molecule has 0 fully saturated rings. The number of nitrogens with one attached hydrogen (secondary N) is 1. The van der Waals surface area contributed by atoms with E-state index >= 15 is 0 Å². The molecule has 10 nitrogen and oxygen atoms in total. The molecule has 1 amide bonds. The normalized spacial score (nSPS) is 15.3. The van der Waals surface area contributed by atoms with E-state index in [-0.39, 0.29) is 6.42 Å². The average Bonchev–Trinajstić information content (AvgIpc) is 3.01. The Morgan fingerprint density at radius 2 is 2.04 bits per heavy atom. The summed E-state index contributed by atoms with van der Waals surface area (Å²) in [6.07, 6.45) is -0.299. The van der Waals surface area contributed by atoms with Crippen LogP contribution in [-0.4, -0.2) is 60.3 Å². The molecule has 1 aliphatic rings. The molecule has 1 aromatic heterocycles. The first-order valence-electron chi connectivity index (χ1n) is 8.97. The zero-order chi connectivity index (χ0) is 20.9. The van der Waals surface area contributed by atoms with E-state index in [0.717, 1.165) is 13.0 Å². The highest BCUT2D eigenvalue weighted by Gasteiger charge is 2.33. The van der Waals surface area contributed by atoms with Gasteiger partial charge in [-0.2, -0.15) is 5.10 Å². The maximum Gasteiger partial charge on any atom is 0.408 e. The zero-order valence-electron chi connectivity index (χ0n) is 16.9. The van der Waals surface area contributed by atoms with E-state index in [0.29, 0.717) is 18.2 Å². The van der Waals surface area contributed by atoms with Crippen molar-refractivity contribution in [1.29, 1.82) is 0 Å². The number of alkyl carbamates (subject to hydrolysis) is 1. The van der Waals surface area contributed by atoms with Crippen molar-refractivity contribution < 1.29 is 32.7 Å². The zero-order valence-corrected chi connectivity index (χ0v) is 17.8. The van der Waals surface area contributed by atoms with Crippen molar-refractivity contribution in [3.63, 3.8) is 0 Å². The predicted molar refractivity (Wildman–Crippen MR) is 101 cm³/mol. The first-order chi connectivity index (χ1) is 13.0. The molecule has 2 rings (SSSR count). The van der Waals surface area contributed by atoms with Gasteiger partial charge in [-0.3, -0.25) is 9.36 Å². The molecule has 158 valence electrons. The van der Waals surface area contributed by atoms with Crippen LogP contribution in [0.3, 0.4) is 0 Å². The molecule has 0 unspecified atom stereocenters. The summed E-state index contributed by atoms with van der Waals surface area (Å²) in [4.78, 5) is 25.0. The van der Waals surface area contributed by atoms with Gasteiger partial charge in [-0.1, -0.05) is 0 Å². The molecule has 2 heterocycles. The molecule has 0 aliphatic carbocycles. The average molecular weight is 417 g/mol. The van der Waals surface area contributed by atoms with Crippen LogP contribution >= 0.6 is 7.60 Å². The summed E-state index contributed by atoms with van der Waals surface area (Å²) in [7, 11) is -1.17. The Morgan fingerprint density at radius 3 is 2.61 bits per heavy atom. The van der Waals surface area contributed by atoms with E-state index in [1.54, 1.807) is 31.5 Å². The minimum absolute atomic E-state index is 0.0921. The number of amides is 1. The first-order valence-corrected chi connectivity index (χ1v) is 10.7. The van der Waals surface area contributed by atoms with Gasteiger partial charge in [0.25, 0.3) is 0 Å². The van der Waals surface area contributed by atoms with Crippen molar-refractivity contribution >= 4 is 19.5 Å². The number of hydrogen-bond donors (Lipinski definition) is 1. The van der Waals surface area contributed by atoms with Crippen LogP contribution in [0.4, 0.5) is 4.79 Å². The van der Waals surface area contributed by atoms with E-state index in [1.807, 2.05) is 0 Å². The summed E-state index contributed by atoms with van der Waals surface area (Å²) in [5.41, 5.74) is -0.163. The third kappa shape index (κ3) is 6.32. The topological polar surface area (TPSA) is 118 Å². The quantitative estimate of drug-likeness (QED) is 0.640. The van der Waals surface area contributed by atoms with Crippen LogP contribution in [0.2, 0.25) is 0 Å². The van der Waals surface area contributed by atoms with Gasteiger partial charge in [-0.15, -0.1) is 0 Å². The summed E-state index contributed by atoms with van der Waals surface area (Å²) in [6.45, 7) is 6.47. The van der Waals surface area contributed by atoms with Gasteiger partial charge in [0.1, 0.15) is 11.8 Å². The Bertz CT molecular complexity index is 725. The van der Waals surface area contributed by atoms with Crippen LogP contribution in [-0.2, 0) is 36.1 Å². The second kappa shape index (κ2) is 9.07. The van der Waals surface area contributed by atoms with Crippen LogP contribution in [0.5, 0.6) is 5.88 Å². The lowest BCUT2D eigenvalue weighted by atomic mass is 10.1. The van der Waals surface area contributed by atoms with Crippen molar-refractivity contribution in [1.82, 2.24) is 15.1 Å². The van der Waals surface area contributed by atoms with Crippen molar-refractivity contribution in [3.05, 3.63) is 11.8 Å². The van der Waals surface area contributed by atoms with Crippen LogP contribution < -0.4 is 10.1 Å². The molecule has 1 aromatic rings. The lowest BCUT2D eigenvalue weighted by Gasteiger charge is -2.23. The predicted octanol–water partition coefficient (Wildman–Crippen LogP) is 2.16. The van der Waals surface area contributed by atoms with Crippen molar-refractivity contribution in [2.45, 2.75) is 51.8 Å². The number of aromatic nitrogens is 2. The highest BCUT2D eigenvalue weighted by molar-refractivity contribution is 7.54. The molecule has 1 N–H and O–H groups in total. The lowest BCUT2D eigenvalue weighted by molar-refractivity contribution is -0.119. The largest absolute Gasteiger partial charge is 0.478 e. The van der Waals surface area contributed by atoms with Gasteiger partial charge in [0.2, 0.25) is 5.88 Å². The number of Topliss-reactive ketones (excluding diaryl/α,β-unsaturated/α-hetero) is 1. The van der Waals surface area contributed by atoms with E-state index in [2.05, 4.69) is 10.4 Å². The number of ketones is 1. The number of hydrogen-bond acceptors (Lipinski definition) is 8. The molecule has 0 bridgehead atoms. The van der Waals surface area contributed by atoms with Crippen molar-refractivity contribution in [2.24, 2.45) is 0 Å². The Kier molecular flexibility index (Phi) is 7.25. The summed E-state index contributed by atoms with van der Waals surface area (Å²) < 4.78 is 34.5. The van der Waals surface area contributed by atoms with E-state index in [4.69, 9.17) is 18.5 Å². The molecular weight excluding hydrogens is 389 g/mol. The molecule has 1 atom stereocenters. The SMILES string of the molecule is COP(=O)(CC(=O)[C@H](Cc1cc2n(n1)CCCO2)NC(=O)OC(C)(C)C)OC. The fourth-order valence-corrected chi connectivity index (χ4v) is 3.64. The van der Waals surface area contributed by atoms with Crippen LogP contribution in [0.25, 0.3) is 0 Å². The van der Waals surface area contributed by atoms with E-state index in [9.17, 15) is 14.2 Å². The standard InChI is InChI=1S/C17H28N3O7P/c1-17(2,3)27-16(22)18-13(14(21)11-28(23,24-4)25-5)9-12-10-15-20(19-12)7-6-8-26-15/h10,13H,6-9,11H2,1-5H3,(H,18,22)/t13-/m0/s1. The monoisotopic (exact) mass is 417 g/mol. The smallest absolute Gasteiger partial charge is 0.408 e. The fourth-order valence-electron chi connectivity index (χ4n) is 2.63. The van der Waals surface area contributed by atoms with Gasteiger partial charge >= 0.3 is 13.7 Å². The number of fused-ring (bicyclic) bond motifs is 1. The summed E-state index contributed by atoms with van der Waals surface area (Å²) in [5, 5.41) is 6.95. The number of nitrogens with zero attached hydrogens (tertiary/aromatic N) is 2. The number of ether oxygens (including phenoxy) is 2. The Labute approximate surface area is 164 Å². The summed E-state index contributed by atoms with van der Waals surface area (Å²) in [5.74, 6) is 0.106. The number of carbonyl (C=O) groups is 2. The molecule has 0 spiro atoms. The number of rotatable bonds is 8. The Balaban J connectivity index is 2.17. The van der Waals surface area contributed by atoms with Gasteiger partial charge in [-0.25, -0.2) is 9.48 Å². The molecular formula is C17H28N3O7P. The molecule has 11 heteroatoms. The van der Waals surface area contributed by atoms with Crippen molar-refractivity contribution in [3.8, 4) is 5.88 Å².